The lowest BCUT2D eigenvalue weighted by molar-refractivity contribution is 0.111. The van der Waals surface area contributed by atoms with E-state index in [2.05, 4.69) is 10.3 Å². The SMILES string of the molecule is Cc1cc(-n2cc(C=O)nn2)ccc1Cl. The summed E-state index contributed by atoms with van der Waals surface area (Å²) in [6.45, 7) is 1.91. The molecule has 1 heterocycles. The molecule has 0 unspecified atom stereocenters. The van der Waals surface area contributed by atoms with Gasteiger partial charge in [0.1, 0.15) is 5.69 Å². The fourth-order valence-corrected chi connectivity index (χ4v) is 1.35. The summed E-state index contributed by atoms with van der Waals surface area (Å²) in [5, 5.41) is 8.20. The van der Waals surface area contributed by atoms with E-state index in [9.17, 15) is 4.79 Å². The van der Waals surface area contributed by atoms with E-state index in [1.807, 2.05) is 19.1 Å². The van der Waals surface area contributed by atoms with Gasteiger partial charge in [-0.25, -0.2) is 4.68 Å². The van der Waals surface area contributed by atoms with Crippen molar-refractivity contribution < 1.29 is 4.79 Å². The Kier molecular flexibility index (Phi) is 2.51. The average molecular weight is 222 g/mol. The van der Waals surface area contributed by atoms with E-state index in [0.29, 0.717) is 17.0 Å². The predicted molar refractivity (Wildman–Crippen MR) is 56.5 cm³/mol. The zero-order chi connectivity index (χ0) is 10.8. The number of aldehydes is 1. The fraction of sp³-hybridized carbons (Fsp3) is 0.100. The van der Waals surface area contributed by atoms with Gasteiger partial charge in [0.2, 0.25) is 0 Å². The Morgan fingerprint density at radius 1 is 1.47 bits per heavy atom. The summed E-state index contributed by atoms with van der Waals surface area (Å²) < 4.78 is 1.53. The number of aromatic nitrogens is 3. The van der Waals surface area contributed by atoms with E-state index in [1.165, 1.54) is 4.68 Å². The van der Waals surface area contributed by atoms with Crippen LogP contribution in [0.2, 0.25) is 5.02 Å². The second-order valence-electron chi connectivity index (χ2n) is 3.14. The third-order valence-corrected chi connectivity index (χ3v) is 2.46. The fourth-order valence-electron chi connectivity index (χ4n) is 1.23. The molecule has 0 aliphatic carbocycles. The number of hydrogen-bond acceptors (Lipinski definition) is 3. The highest BCUT2D eigenvalue weighted by molar-refractivity contribution is 6.31. The second-order valence-corrected chi connectivity index (χ2v) is 3.55. The lowest BCUT2D eigenvalue weighted by Crippen LogP contribution is -1.95. The number of carbonyl (C=O) groups is 1. The van der Waals surface area contributed by atoms with Crippen LogP contribution in [-0.2, 0) is 0 Å². The van der Waals surface area contributed by atoms with Crippen molar-refractivity contribution in [3.63, 3.8) is 0 Å². The van der Waals surface area contributed by atoms with Crippen LogP contribution in [0, 0.1) is 6.92 Å². The van der Waals surface area contributed by atoms with E-state index in [4.69, 9.17) is 11.6 Å². The molecule has 2 aromatic rings. The van der Waals surface area contributed by atoms with Crippen LogP contribution in [0.3, 0.4) is 0 Å². The summed E-state index contributed by atoms with van der Waals surface area (Å²) in [5.74, 6) is 0. The first-order valence-electron chi connectivity index (χ1n) is 4.35. The zero-order valence-electron chi connectivity index (χ0n) is 8.01. The molecule has 4 nitrogen and oxygen atoms in total. The molecule has 0 fully saturated rings. The van der Waals surface area contributed by atoms with E-state index in [-0.39, 0.29) is 0 Å². The second kappa shape index (κ2) is 3.82. The van der Waals surface area contributed by atoms with Gasteiger partial charge in [0.25, 0.3) is 0 Å². The van der Waals surface area contributed by atoms with Crippen LogP contribution in [-0.4, -0.2) is 21.3 Å². The normalized spacial score (nSPS) is 10.3. The molecule has 0 spiro atoms. The molecule has 0 bridgehead atoms. The van der Waals surface area contributed by atoms with Crippen molar-refractivity contribution in [3.8, 4) is 5.69 Å². The molecule has 0 radical (unpaired) electrons. The molecule has 15 heavy (non-hydrogen) atoms. The number of halogens is 1. The van der Waals surface area contributed by atoms with Crippen molar-refractivity contribution in [2.24, 2.45) is 0 Å². The largest absolute Gasteiger partial charge is 0.296 e. The molecule has 5 heteroatoms. The molecule has 1 aromatic carbocycles. The maximum atomic E-state index is 10.4. The quantitative estimate of drug-likeness (QED) is 0.730. The average Bonchev–Trinajstić information content (AvgIpc) is 2.70. The summed E-state index contributed by atoms with van der Waals surface area (Å²) in [4.78, 5) is 10.4. The summed E-state index contributed by atoms with van der Waals surface area (Å²) in [5.41, 5.74) is 2.09. The molecule has 0 aliphatic rings. The molecule has 2 rings (SSSR count). The van der Waals surface area contributed by atoms with Gasteiger partial charge >= 0.3 is 0 Å². The number of benzene rings is 1. The van der Waals surface area contributed by atoms with Crippen molar-refractivity contribution in [3.05, 3.63) is 40.7 Å². The summed E-state index contributed by atoms with van der Waals surface area (Å²) >= 11 is 5.90. The van der Waals surface area contributed by atoms with Crippen molar-refractivity contribution in [1.29, 1.82) is 0 Å². The first kappa shape index (κ1) is 9.86. The Hall–Kier alpha value is -1.68. The van der Waals surface area contributed by atoms with Crippen molar-refractivity contribution in [2.45, 2.75) is 6.92 Å². The smallest absolute Gasteiger partial charge is 0.171 e. The molecular weight excluding hydrogens is 214 g/mol. The molecule has 0 atom stereocenters. The van der Waals surface area contributed by atoms with Gasteiger partial charge in [-0.1, -0.05) is 16.8 Å². The number of hydrogen-bond donors (Lipinski definition) is 0. The number of aryl methyl sites for hydroxylation is 1. The highest BCUT2D eigenvalue weighted by Crippen LogP contribution is 2.18. The Morgan fingerprint density at radius 2 is 2.27 bits per heavy atom. The van der Waals surface area contributed by atoms with Crippen molar-refractivity contribution >= 4 is 17.9 Å². The van der Waals surface area contributed by atoms with E-state index >= 15 is 0 Å². The Morgan fingerprint density at radius 3 is 2.87 bits per heavy atom. The van der Waals surface area contributed by atoms with Gasteiger partial charge in [-0.2, -0.15) is 0 Å². The third-order valence-electron chi connectivity index (χ3n) is 2.04. The molecule has 0 saturated carbocycles. The van der Waals surface area contributed by atoms with Gasteiger partial charge in [0.05, 0.1) is 11.9 Å². The van der Waals surface area contributed by atoms with Gasteiger partial charge in [0, 0.05) is 5.02 Å². The number of nitrogens with zero attached hydrogens (tertiary/aromatic N) is 3. The van der Waals surface area contributed by atoms with Gasteiger partial charge in [0.15, 0.2) is 6.29 Å². The summed E-state index contributed by atoms with van der Waals surface area (Å²) in [6.07, 6.45) is 2.22. The lowest BCUT2D eigenvalue weighted by atomic mass is 10.2. The van der Waals surface area contributed by atoms with Crippen LogP contribution < -0.4 is 0 Å². The third kappa shape index (κ3) is 1.89. The van der Waals surface area contributed by atoms with Crippen LogP contribution in [0.1, 0.15) is 16.1 Å². The Bertz CT molecular complexity index is 507. The van der Waals surface area contributed by atoms with Crippen LogP contribution in [0.5, 0.6) is 0 Å². The lowest BCUT2D eigenvalue weighted by Gasteiger charge is -2.02. The van der Waals surface area contributed by atoms with E-state index < -0.39 is 0 Å². The highest BCUT2D eigenvalue weighted by Gasteiger charge is 2.03. The number of rotatable bonds is 2. The minimum absolute atomic E-state index is 0.308. The molecule has 0 N–H and O–H groups in total. The minimum atomic E-state index is 0.308. The monoisotopic (exact) mass is 221 g/mol. The molecule has 76 valence electrons. The van der Waals surface area contributed by atoms with Crippen LogP contribution >= 0.6 is 11.6 Å². The van der Waals surface area contributed by atoms with Gasteiger partial charge in [-0.05, 0) is 30.7 Å². The van der Waals surface area contributed by atoms with Crippen molar-refractivity contribution in [1.82, 2.24) is 15.0 Å². The molecule has 0 saturated heterocycles. The Labute approximate surface area is 91.5 Å². The number of carbonyl (C=O) groups excluding carboxylic acids is 1. The molecule has 0 aliphatic heterocycles. The molecular formula is C10H8ClN3O. The van der Waals surface area contributed by atoms with Gasteiger partial charge < -0.3 is 0 Å². The first-order chi connectivity index (χ1) is 7.20. The summed E-state index contributed by atoms with van der Waals surface area (Å²) in [7, 11) is 0. The standard InChI is InChI=1S/C10H8ClN3O/c1-7-4-9(2-3-10(7)11)14-5-8(6-15)12-13-14/h2-6H,1H3. The zero-order valence-corrected chi connectivity index (χ0v) is 8.77. The van der Waals surface area contributed by atoms with E-state index in [0.717, 1.165) is 11.3 Å². The van der Waals surface area contributed by atoms with Crippen molar-refractivity contribution in [2.75, 3.05) is 0 Å². The van der Waals surface area contributed by atoms with Gasteiger partial charge in [-0.3, -0.25) is 4.79 Å². The van der Waals surface area contributed by atoms with E-state index in [1.54, 1.807) is 12.3 Å². The minimum Gasteiger partial charge on any atom is -0.296 e. The predicted octanol–water partition coefficient (Wildman–Crippen LogP) is 2.04. The van der Waals surface area contributed by atoms with Crippen LogP contribution in [0.25, 0.3) is 5.69 Å². The van der Waals surface area contributed by atoms with Gasteiger partial charge in [-0.15, -0.1) is 5.10 Å². The van der Waals surface area contributed by atoms with Crippen LogP contribution in [0.4, 0.5) is 0 Å². The first-order valence-corrected chi connectivity index (χ1v) is 4.72. The molecule has 1 aromatic heterocycles. The van der Waals surface area contributed by atoms with Crippen LogP contribution in [0.15, 0.2) is 24.4 Å². The Balaban J connectivity index is 2.44. The maximum Gasteiger partial charge on any atom is 0.171 e. The molecule has 0 amide bonds. The highest BCUT2D eigenvalue weighted by atomic mass is 35.5. The summed E-state index contributed by atoms with van der Waals surface area (Å²) in [6, 6.07) is 5.48. The topological polar surface area (TPSA) is 47.8 Å². The maximum absolute atomic E-state index is 10.4.